The van der Waals surface area contributed by atoms with Gasteiger partial charge in [-0.05, 0) is 87.2 Å². The summed E-state index contributed by atoms with van der Waals surface area (Å²) in [5, 5.41) is 28.7. The van der Waals surface area contributed by atoms with E-state index in [0.717, 1.165) is 22.7 Å². The Hall–Kier alpha value is -2.76. The highest BCUT2D eigenvalue weighted by molar-refractivity contribution is 9.10. The Balaban J connectivity index is 0.000000287. The maximum absolute atomic E-state index is 13.9. The van der Waals surface area contributed by atoms with Crippen molar-refractivity contribution in [2.45, 2.75) is 31.3 Å². The van der Waals surface area contributed by atoms with Crippen molar-refractivity contribution >= 4 is 43.8 Å². The lowest BCUT2D eigenvalue weighted by Crippen LogP contribution is -2.39. The van der Waals surface area contributed by atoms with Gasteiger partial charge in [-0.2, -0.15) is 0 Å². The molecule has 1 aromatic carbocycles. The molecule has 0 bridgehead atoms. The van der Waals surface area contributed by atoms with Crippen LogP contribution < -0.4 is 0 Å². The molecule has 0 fully saturated rings. The molecule has 11 heteroatoms. The van der Waals surface area contributed by atoms with Crippen LogP contribution in [0.5, 0.6) is 0 Å². The number of rotatable bonds is 6. The van der Waals surface area contributed by atoms with Crippen molar-refractivity contribution in [3.63, 3.8) is 0 Å². The molecule has 2 heterocycles. The van der Waals surface area contributed by atoms with Crippen LogP contribution in [0.2, 0.25) is 0 Å². The van der Waals surface area contributed by atoms with Crippen molar-refractivity contribution in [1.82, 2.24) is 9.97 Å². The van der Waals surface area contributed by atoms with Gasteiger partial charge in [0.25, 0.3) is 0 Å². The van der Waals surface area contributed by atoms with Crippen molar-refractivity contribution < 1.29 is 33.7 Å². The average Bonchev–Trinajstić information content (AvgIpc) is 2.79. The summed E-state index contributed by atoms with van der Waals surface area (Å²) in [5.41, 5.74) is -1.46. The zero-order valence-corrected chi connectivity index (χ0v) is 21.1. The van der Waals surface area contributed by atoms with E-state index in [9.17, 15) is 28.6 Å². The van der Waals surface area contributed by atoms with Gasteiger partial charge < -0.3 is 15.3 Å². The molecule has 0 saturated heterocycles. The monoisotopic (exact) mass is 600 g/mol. The highest BCUT2D eigenvalue weighted by Gasteiger charge is 2.45. The zero-order valence-electron chi connectivity index (χ0n) is 17.9. The van der Waals surface area contributed by atoms with Gasteiger partial charge in [-0.1, -0.05) is 0 Å². The van der Waals surface area contributed by atoms with E-state index in [-0.39, 0.29) is 5.56 Å². The van der Waals surface area contributed by atoms with Gasteiger partial charge in [-0.15, -0.1) is 0 Å². The van der Waals surface area contributed by atoms with Gasteiger partial charge in [0.2, 0.25) is 0 Å². The van der Waals surface area contributed by atoms with Crippen LogP contribution >= 0.6 is 31.9 Å². The lowest BCUT2D eigenvalue weighted by Gasteiger charge is -2.31. The van der Waals surface area contributed by atoms with Crippen molar-refractivity contribution in [3.05, 3.63) is 92.4 Å². The minimum atomic E-state index is -1.90. The summed E-state index contributed by atoms with van der Waals surface area (Å²) < 4.78 is 28.5. The number of nitrogens with zero attached hydrogens (tertiary/aromatic N) is 2. The summed E-state index contributed by atoms with van der Waals surface area (Å²) in [6.45, 7) is 2.86. The molecule has 0 spiro atoms. The van der Waals surface area contributed by atoms with E-state index >= 15 is 0 Å². The normalized spacial score (nSPS) is 14.2. The number of pyridine rings is 2. The first-order valence-electron chi connectivity index (χ1n) is 9.68. The fourth-order valence-electron chi connectivity index (χ4n) is 2.94. The van der Waals surface area contributed by atoms with Crippen LogP contribution in [0.1, 0.15) is 42.6 Å². The highest BCUT2D eigenvalue weighted by atomic mass is 79.9. The van der Waals surface area contributed by atoms with E-state index < -0.39 is 46.6 Å². The number of aliphatic hydroxyl groups excluding tert-OH is 1. The molecule has 3 unspecified atom stereocenters. The smallest absolute Gasteiger partial charge is 0.316 e. The Labute approximate surface area is 210 Å². The Bertz CT molecular complexity index is 1200. The summed E-state index contributed by atoms with van der Waals surface area (Å²) in [4.78, 5) is 30.0. The number of carbonyl (C=O) groups is 2. The van der Waals surface area contributed by atoms with E-state index in [0.29, 0.717) is 10.0 Å². The fraction of sp³-hybridized carbons (Fsp3) is 0.217. The molecule has 0 aliphatic carbocycles. The first kappa shape index (κ1) is 27.5. The standard InChI is InChI=1S/C15H12BrF2NO3.C8H8BrNO2/c1-15(14(21)22,8-4-9(16)7-19-6-8)13(20)11-5-10(17)2-3-12(11)18;1-5(8(11)12)6-2-7(9)4-10-3-6/h2-7,13,20H,1H3,(H,21,22);2-5H,1H3,(H,11,12). The van der Waals surface area contributed by atoms with Crippen molar-refractivity contribution in [1.29, 1.82) is 0 Å². The summed E-state index contributed by atoms with van der Waals surface area (Å²) in [6.07, 6.45) is 4.10. The first-order chi connectivity index (χ1) is 15.9. The molecule has 3 N–H and O–H groups in total. The van der Waals surface area contributed by atoms with Gasteiger partial charge in [-0.3, -0.25) is 19.6 Å². The number of carboxylic acids is 2. The molecule has 3 aromatic rings. The Morgan fingerprint density at radius 3 is 2.09 bits per heavy atom. The number of aliphatic carboxylic acids is 2. The number of hydrogen-bond acceptors (Lipinski definition) is 5. The predicted molar refractivity (Wildman–Crippen MR) is 126 cm³/mol. The van der Waals surface area contributed by atoms with Crippen molar-refractivity contribution in [2.75, 3.05) is 0 Å². The molecular formula is C23H20Br2F2N2O5. The molecule has 0 amide bonds. The molecule has 0 aliphatic heterocycles. The van der Waals surface area contributed by atoms with Gasteiger partial charge in [0.15, 0.2) is 0 Å². The molecule has 0 saturated carbocycles. The topological polar surface area (TPSA) is 121 Å². The lowest BCUT2D eigenvalue weighted by atomic mass is 9.75. The summed E-state index contributed by atoms with van der Waals surface area (Å²) in [7, 11) is 0. The van der Waals surface area contributed by atoms with Crippen molar-refractivity contribution in [3.8, 4) is 0 Å². The number of hydrogen-bond donors (Lipinski definition) is 3. The molecule has 0 radical (unpaired) electrons. The zero-order chi connectivity index (χ0) is 25.6. The highest BCUT2D eigenvalue weighted by Crippen LogP contribution is 2.39. The molecular weight excluding hydrogens is 582 g/mol. The van der Waals surface area contributed by atoms with Crippen LogP contribution in [-0.2, 0) is 15.0 Å². The Morgan fingerprint density at radius 1 is 0.971 bits per heavy atom. The number of halogens is 4. The third kappa shape index (κ3) is 6.43. The number of benzene rings is 1. The molecule has 0 aliphatic rings. The lowest BCUT2D eigenvalue weighted by molar-refractivity contribution is -0.148. The number of carboxylic acid groups (broad SMARTS) is 2. The third-order valence-electron chi connectivity index (χ3n) is 5.14. The second-order valence-electron chi connectivity index (χ2n) is 7.46. The fourth-order valence-corrected chi connectivity index (χ4v) is 3.68. The van der Waals surface area contributed by atoms with Gasteiger partial charge in [0.1, 0.15) is 23.2 Å². The van der Waals surface area contributed by atoms with Crippen LogP contribution in [0.15, 0.2) is 64.1 Å². The van der Waals surface area contributed by atoms with Crippen molar-refractivity contribution in [2.24, 2.45) is 0 Å². The third-order valence-corrected chi connectivity index (χ3v) is 6.01. The SMILES string of the molecule is CC(C(=O)O)(c1cncc(Br)c1)C(O)c1cc(F)ccc1F.CC(C(=O)O)c1cncc(Br)c1. The summed E-state index contributed by atoms with van der Waals surface area (Å²) in [5.74, 6) is -4.38. The van der Waals surface area contributed by atoms with E-state index in [4.69, 9.17) is 5.11 Å². The molecule has 3 rings (SSSR count). The van der Waals surface area contributed by atoms with Crippen LogP contribution in [0, 0.1) is 11.6 Å². The Morgan fingerprint density at radius 2 is 1.56 bits per heavy atom. The largest absolute Gasteiger partial charge is 0.481 e. The maximum atomic E-state index is 13.9. The van der Waals surface area contributed by atoms with E-state index in [1.807, 2.05) is 0 Å². The van der Waals surface area contributed by atoms with Gasteiger partial charge in [0, 0.05) is 39.3 Å². The summed E-state index contributed by atoms with van der Waals surface area (Å²) >= 11 is 6.39. The van der Waals surface area contributed by atoms with Crippen LogP contribution in [0.25, 0.3) is 0 Å². The van der Waals surface area contributed by atoms with E-state index in [1.54, 1.807) is 25.4 Å². The molecule has 180 valence electrons. The average molecular weight is 602 g/mol. The summed E-state index contributed by atoms with van der Waals surface area (Å²) in [6, 6.07) is 5.74. The second kappa shape index (κ2) is 11.6. The quantitative estimate of drug-likeness (QED) is 0.354. The molecule has 34 heavy (non-hydrogen) atoms. The number of aliphatic hydroxyl groups is 1. The van der Waals surface area contributed by atoms with Crippen LogP contribution in [-0.4, -0.2) is 37.2 Å². The molecule has 3 atom stereocenters. The minimum absolute atomic E-state index is 0.158. The minimum Gasteiger partial charge on any atom is -0.481 e. The Kier molecular flexibility index (Phi) is 9.37. The van der Waals surface area contributed by atoms with Crippen LogP contribution in [0.3, 0.4) is 0 Å². The van der Waals surface area contributed by atoms with Gasteiger partial charge >= 0.3 is 11.9 Å². The van der Waals surface area contributed by atoms with Gasteiger partial charge in [-0.25, -0.2) is 8.78 Å². The molecule has 7 nitrogen and oxygen atoms in total. The van der Waals surface area contributed by atoms with Gasteiger partial charge in [0.05, 0.1) is 5.92 Å². The van der Waals surface area contributed by atoms with Crippen LogP contribution in [0.4, 0.5) is 8.78 Å². The molecule has 2 aromatic heterocycles. The van der Waals surface area contributed by atoms with E-state index in [1.165, 1.54) is 25.4 Å². The maximum Gasteiger partial charge on any atom is 0.316 e. The van der Waals surface area contributed by atoms with E-state index in [2.05, 4.69) is 41.8 Å². The number of aromatic nitrogens is 2. The second-order valence-corrected chi connectivity index (χ2v) is 9.30. The predicted octanol–water partition coefficient (Wildman–Crippen LogP) is 5.23. The first-order valence-corrected chi connectivity index (χ1v) is 11.3.